The number of thiazole rings is 1. The molecular formula is C14H11ClN2O3S. The van der Waals surface area contributed by atoms with Crippen LogP contribution in [0.5, 0.6) is 0 Å². The Morgan fingerprint density at radius 1 is 1.43 bits per heavy atom. The average Bonchev–Trinajstić information content (AvgIpc) is 2.82. The highest BCUT2D eigenvalue weighted by molar-refractivity contribution is 7.09. The lowest BCUT2D eigenvalue weighted by Crippen LogP contribution is -2.12. The molecule has 1 aromatic heterocycles. The SMILES string of the molecule is Cc1nc(/C=C/C(=O)Nc2cc(Cl)ccc2C(=O)O)cs1. The smallest absolute Gasteiger partial charge is 0.337 e. The molecule has 0 unspecified atom stereocenters. The Bertz CT molecular complexity index is 725. The molecule has 7 heteroatoms. The number of nitrogens with one attached hydrogen (secondary N) is 1. The third-order valence-electron chi connectivity index (χ3n) is 2.51. The van der Waals surface area contributed by atoms with Crippen molar-refractivity contribution in [3.8, 4) is 0 Å². The van der Waals surface area contributed by atoms with Crippen molar-refractivity contribution < 1.29 is 14.7 Å². The summed E-state index contributed by atoms with van der Waals surface area (Å²) < 4.78 is 0. The summed E-state index contributed by atoms with van der Waals surface area (Å²) in [4.78, 5) is 27.1. The van der Waals surface area contributed by atoms with Gasteiger partial charge in [-0.25, -0.2) is 9.78 Å². The van der Waals surface area contributed by atoms with E-state index in [4.69, 9.17) is 16.7 Å². The van der Waals surface area contributed by atoms with Crippen molar-refractivity contribution in [2.75, 3.05) is 5.32 Å². The van der Waals surface area contributed by atoms with Crippen LogP contribution in [0.25, 0.3) is 6.08 Å². The maximum atomic E-state index is 11.8. The first-order valence-corrected chi connectivity index (χ1v) is 7.15. The standard InChI is InChI=1S/C14H11ClN2O3S/c1-8-16-10(7-21-8)3-5-13(18)17-12-6-9(15)2-4-11(12)14(19)20/h2-7H,1H3,(H,17,18)(H,19,20)/b5-3+. The molecule has 1 aromatic carbocycles. The first-order valence-electron chi connectivity index (χ1n) is 5.90. The molecule has 108 valence electrons. The molecule has 0 radical (unpaired) electrons. The van der Waals surface area contributed by atoms with Crippen molar-refractivity contribution in [2.45, 2.75) is 6.92 Å². The Hall–Kier alpha value is -2.18. The summed E-state index contributed by atoms with van der Waals surface area (Å²) in [7, 11) is 0. The van der Waals surface area contributed by atoms with E-state index in [1.807, 2.05) is 12.3 Å². The van der Waals surface area contributed by atoms with Crippen LogP contribution in [0.4, 0.5) is 5.69 Å². The van der Waals surface area contributed by atoms with Crippen LogP contribution in [0.1, 0.15) is 21.1 Å². The van der Waals surface area contributed by atoms with E-state index in [1.165, 1.54) is 35.6 Å². The molecule has 0 saturated carbocycles. The summed E-state index contributed by atoms with van der Waals surface area (Å²) >= 11 is 7.29. The van der Waals surface area contributed by atoms with Crippen LogP contribution >= 0.6 is 22.9 Å². The normalized spacial score (nSPS) is 10.8. The number of hydrogen-bond donors (Lipinski definition) is 2. The minimum absolute atomic E-state index is 0.0225. The molecule has 1 heterocycles. The van der Waals surface area contributed by atoms with Gasteiger partial charge in [0.15, 0.2) is 0 Å². The number of aryl methyl sites for hydroxylation is 1. The van der Waals surface area contributed by atoms with E-state index in [0.717, 1.165) is 5.01 Å². The Morgan fingerprint density at radius 2 is 2.19 bits per heavy atom. The predicted octanol–water partition coefficient (Wildman–Crippen LogP) is 3.46. The summed E-state index contributed by atoms with van der Waals surface area (Å²) in [6, 6.07) is 4.19. The minimum Gasteiger partial charge on any atom is -0.478 e. The highest BCUT2D eigenvalue weighted by atomic mass is 35.5. The van der Waals surface area contributed by atoms with E-state index < -0.39 is 11.9 Å². The number of carboxylic acid groups (broad SMARTS) is 1. The molecule has 0 aliphatic heterocycles. The molecular weight excluding hydrogens is 312 g/mol. The van der Waals surface area contributed by atoms with Crippen LogP contribution in [0, 0.1) is 6.92 Å². The van der Waals surface area contributed by atoms with Crippen molar-refractivity contribution in [3.63, 3.8) is 0 Å². The molecule has 0 aliphatic carbocycles. The second-order valence-corrected chi connectivity index (χ2v) is 5.61. The van der Waals surface area contributed by atoms with Crippen LogP contribution in [0.15, 0.2) is 29.7 Å². The number of halogens is 1. The third-order valence-corrected chi connectivity index (χ3v) is 3.54. The van der Waals surface area contributed by atoms with Gasteiger partial charge in [0.1, 0.15) is 0 Å². The van der Waals surface area contributed by atoms with Gasteiger partial charge in [-0.2, -0.15) is 0 Å². The van der Waals surface area contributed by atoms with Gasteiger partial charge in [0, 0.05) is 16.5 Å². The predicted molar refractivity (Wildman–Crippen MR) is 82.9 cm³/mol. The van der Waals surface area contributed by atoms with E-state index in [-0.39, 0.29) is 11.3 Å². The van der Waals surface area contributed by atoms with Crippen molar-refractivity contribution in [1.29, 1.82) is 0 Å². The van der Waals surface area contributed by atoms with Crippen LogP contribution in [-0.4, -0.2) is 22.0 Å². The first-order chi connectivity index (χ1) is 9.95. The number of aromatic nitrogens is 1. The van der Waals surface area contributed by atoms with Gasteiger partial charge in [-0.3, -0.25) is 4.79 Å². The number of carbonyl (C=O) groups is 2. The lowest BCUT2D eigenvalue weighted by molar-refractivity contribution is -0.111. The molecule has 2 aromatic rings. The molecule has 0 atom stereocenters. The second kappa shape index (κ2) is 6.51. The Labute approximate surface area is 129 Å². The number of rotatable bonds is 4. The van der Waals surface area contributed by atoms with Crippen LogP contribution in [0.3, 0.4) is 0 Å². The molecule has 0 spiro atoms. The van der Waals surface area contributed by atoms with Crippen LogP contribution in [0.2, 0.25) is 5.02 Å². The van der Waals surface area contributed by atoms with Gasteiger partial charge in [0.25, 0.3) is 0 Å². The van der Waals surface area contributed by atoms with E-state index >= 15 is 0 Å². The van der Waals surface area contributed by atoms with Gasteiger partial charge in [0.05, 0.1) is 22.0 Å². The highest BCUT2D eigenvalue weighted by Crippen LogP contribution is 2.21. The fraction of sp³-hybridized carbons (Fsp3) is 0.0714. The van der Waals surface area contributed by atoms with Crippen LogP contribution in [-0.2, 0) is 4.79 Å². The lowest BCUT2D eigenvalue weighted by Gasteiger charge is -2.06. The molecule has 0 saturated heterocycles. The zero-order valence-corrected chi connectivity index (χ0v) is 12.5. The van der Waals surface area contributed by atoms with Crippen molar-refractivity contribution in [3.05, 3.63) is 50.9 Å². The van der Waals surface area contributed by atoms with Gasteiger partial charge in [-0.05, 0) is 31.2 Å². The molecule has 0 bridgehead atoms. The molecule has 2 N–H and O–H groups in total. The van der Waals surface area contributed by atoms with Crippen molar-refractivity contribution >= 4 is 46.6 Å². The summed E-state index contributed by atoms with van der Waals surface area (Å²) in [5, 5.41) is 14.6. The third kappa shape index (κ3) is 4.14. The number of benzene rings is 1. The Kier molecular flexibility index (Phi) is 4.72. The van der Waals surface area contributed by atoms with E-state index in [2.05, 4.69) is 10.3 Å². The molecule has 5 nitrogen and oxygen atoms in total. The zero-order valence-electron chi connectivity index (χ0n) is 11.0. The number of carboxylic acids is 1. The summed E-state index contributed by atoms with van der Waals surface area (Å²) in [5.74, 6) is -1.59. The molecule has 0 fully saturated rings. The van der Waals surface area contributed by atoms with Gasteiger partial charge < -0.3 is 10.4 Å². The number of carbonyl (C=O) groups excluding carboxylic acids is 1. The quantitative estimate of drug-likeness (QED) is 0.845. The number of anilines is 1. The average molecular weight is 323 g/mol. The first kappa shape index (κ1) is 15.2. The van der Waals surface area contributed by atoms with Gasteiger partial charge in [-0.1, -0.05) is 11.6 Å². The molecule has 2 rings (SSSR count). The second-order valence-electron chi connectivity index (χ2n) is 4.11. The number of nitrogens with zero attached hydrogens (tertiary/aromatic N) is 1. The maximum Gasteiger partial charge on any atom is 0.337 e. The summed E-state index contributed by atoms with van der Waals surface area (Å²) in [6.45, 7) is 1.87. The van der Waals surface area contributed by atoms with Crippen LogP contribution < -0.4 is 5.32 Å². The van der Waals surface area contributed by atoms with Gasteiger partial charge >= 0.3 is 5.97 Å². The fourth-order valence-corrected chi connectivity index (χ4v) is 2.35. The maximum absolute atomic E-state index is 11.8. The van der Waals surface area contributed by atoms with E-state index in [0.29, 0.717) is 10.7 Å². The highest BCUT2D eigenvalue weighted by Gasteiger charge is 2.11. The van der Waals surface area contributed by atoms with E-state index in [9.17, 15) is 9.59 Å². The zero-order chi connectivity index (χ0) is 15.4. The molecule has 0 aliphatic rings. The summed E-state index contributed by atoms with van der Waals surface area (Å²) in [6.07, 6.45) is 2.85. The Balaban J connectivity index is 2.14. The Morgan fingerprint density at radius 3 is 2.81 bits per heavy atom. The van der Waals surface area contributed by atoms with Gasteiger partial charge in [0.2, 0.25) is 5.91 Å². The monoisotopic (exact) mass is 322 g/mol. The lowest BCUT2D eigenvalue weighted by atomic mass is 10.2. The van der Waals surface area contributed by atoms with Gasteiger partial charge in [-0.15, -0.1) is 11.3 Å². The largest absolute Gasteiger partial charge is 0.478 e. The summed E-state index contributed by atoms with van der Waals surface area (Å²) in [5.41, 5.74) is 0.807. The van der Waals surface area contributed by atoms with Crippen molar-refractivity contribution in [2.24, 2.45) is 0 Å². The number of amides is 1. The van der Waals surface area contributed by atoms with E-state index in [1.54, 1.807) is 6.08 Å². The minimum atomic E-state index is -1.14. The topological polar surface area (TPSA) is 79.3 Å². The number of aromatic carboxylic acids is 1. The fourth-order valence-electron chi connectivity index (χ4n) is 1.60. The van der Waals surface area contributed by atoms with Crippen molar-refractivity contribution in [1.82, 2.24) is 4.98 Å². The molecule has 21 heavy (non-hydrogen) atoms. The molecule has 1 amide bonds. The number of hydrogen-bond acceptors (Lipinski definition) is 4.